The van der Waals surface area contributed by atoms with Gasteiger partial charge in [0.1, 0.15) is 0 Å². The van der Waals surface area contributed by atoms with Gasteiger partial charge in [0, 0.05) is 34.5 Å². The number of hydrogen-bond donors (Lipinski definition) is 0. The van der Waals surface area contributed by atoms with Crippen molar-refractivity contribution in [2.45, 2.75) is 19.8 Å². The molecule has 0 saturated heterocycles. The first kappa shape index (κ1) is 25.9. The molecule has 0 saturated carbocycles. The van der Waals surface area contributed by atoms with E-state index in [0.717, 1.165) is 63.0 Å². The fourth-order valence-electron chi connectivity index (χ4n) is 5.29. The summed E-state index contributed by atoms with van der Waals surface area (Å²) in [5.41, 5.74) is 9.48. The predicted octanol–water partition coefficient (Wildman–Crippen LogP) is 9.27. The van der Waals surface area contributed by atoms with Crippen molar-refractivity contribution in [2.24, 2.45) is 0 Å². The van der Waals surface area contributed by atoms with Gasteiger partial charge in [-0.15, -0.1) is 6.42 Å². The summed E-state index contributed by atoms with van der Waals surface area (Å²) in [6.45, 7) is 2.05. The first-order valence-electron chi connectivity index (χ1n) is 13.8. The Balaban J connectivity index is 1.47. The summed E-state index contributed by atoms with van der Waals surface area (Å²) in [7, 11) is 0. The molecule has 0 bridgehead atoms. The Morgan fingerprint density at radius 1 is 0.829 bits per heavy atom. The molecule has 6 rings (SSSR count). The third-order valence-electron chi connectivity index (χ3n) is 7.34. The minimum Gasteiger partial charge on any atom is -0.263 e. The summed E-state index contributed by atoms with van der Waals surface area (Å²) in [5, 5.41) is 2.30. The average Bonchev–Trinajstić information content (AvgIpc) is 3.05. The van der Waals surface area contributed by atoms with Gasteiger partial charge in [-0.05, 0) is 77.8 Å². The number of benzene rings is 3. The van der Waals surface area contributed by atoms with Crippen molar-refractivity contribution in [1.29, 1.82) is 0 Å². The Kier molecular flexibility index (Phi) is 7.47. The number of allylic oxidation sites excluding steroid dienone is 8. The van der Waals surface area contributed by atoms with E-state index >= 15 is 0 Å². The average molecular weight is 528 g/mol. The van der Waals surface area contributed by atoms with Crippen molar-refractivity contribution in [3.63, 3.8) is 0 Å². The zero-order valence-corrected chi connectivity index (χ0v) is 23.0. The minimum absolute atomic E-state index is 0.704. The molecule has 0 spiro atoms. The van der Waals surface area contributed by atoms with Gasteiger partial charge < -0.3 is 0 Å². The fraction of sp³-hybridized carbons (Fsp3) is 0.0789. The van der Waals surface area contributed by atoms with Crippen LogP contribution in [0.15, 0.2) is 139 Å². The number of nitrogens with zero attached hydrogens (tertiary/aromatic N) is 3. The Hall–Kier alpha value is -5.33. The van der Waals surface area contributed by atoms with Crippen LogP contribution in [0.4, 0.5) is 0 Å². The second-order valence-corrected chi connectivity index (χ2v) is 9.93. The third-order valence-corrected chi connectivity index (χ3v) is 7.34. The van der Waals surface area contributed by atoms with Gasteiger partial charge in [0.15, 0.2) is 5.82 Å². The minimum atomic E-state index is 0.704. The Morgan fingerprint density at radius 2 is 1.61 bits per heavy atom. The molecule has 1 aliphatic carbocycles. The molecule has 5 aromatic rings. The van der Waals surface area contributed by atoms with E-state index in [1.165, 1.54) is 11.0 Å². The topological polar surface area (TPSA) is 38.7 Å². The Morgan fingerprint density at radius 3 is 2.46 bits per heavy atom. The van der Waals surface area contributed by atoms with E-state index in [1.54, 1.807) is 6.08 Å². The molecule has 0 atom stereocenters. The maximum absolute atomic E-state index is 5.48. The highest BCUT2D eigenvalue weighted by Crippen LogP contribution is 2.34. The molecule has 2 aromatic heterocycles. The third kappa shape index (κ3) is 5.55. The molecule has 196 valence electrons. The maximum Gasteiger partial charge on any atom is 0.160 e. The molecule has 0 N–H and O–H groups in total. The van der Waals surface area contributed by atoms with E-state index in [1.807, 2.05) is 49.7 Å². The molecule has 2 heterocycles. The summed E-state index contributed by atoms with van der Waals surface area (Å²) in [6, 6.07) is 29.2. The normalized spacial score (nSPS) is 13.6. The van der Waals surface area contributed by atoms with E-state index in [4.69, 9.17) is 16.4 Å². The van der Waals surface area contributed by atoms with Gasteiger partial charge in [-0.25, -0.2) is 9.97 Å². The lowest BCUT2D eigenvalue weighted by molar-refractivity contribution is 0.977. The highest BCUT2D eigenvalue weighted by Gasteiger charge is 2.15. The summed E-state index contributed by atoms with van der Waals surface area (Å²) in [5.74, 6) is 3.31. The standard InChI is InChI=1S/C38H29N3/c1-3-5-13-27(4-2)29-17-11-19-31(22-29)36-24-37(41-38(40-36)28-14-7-6-8-15-28)32-20-12-18-30(23-32)35-26-39-25-33-16-9-10-21-34(33)35/h1,4-10,12-16,18-26H,11,17H2,2H3/b13-5-,27-4+. The second kappa shape index (κ2) is 11.8. The summed E-state index contributed by atoms with van der Waals surface area (Å²) >= 11 is 0. The van der Waals surface area contributed by atoms with E-state index in [-0.39, 0.29) is 0 Å². The van der Waals surface area contributed by atoms with Crippen LogP contribution in [0, 0.1) is 12.3 Å². The van der Waals surface area contributed by atoms with Crippen molar-refractivity contribution < 1.29 is 0 Å². The molecule has 3 heteroatoms. The Labute approximate surface area is 241 Å². The van der Waals surface area contributed by atoms with Crippen molar-refractivity contribution in [3.8, 4) is 46.1 Å². The molecule has 3 aromatic carbocycles. The number of rotatable bonds is 6. The van der Waals surface area contributed by atoms with Crippen molar-refractivity contribution in [1.82, 2.24) is 15.0 Å². The maximum atomic E-state index is 5.48. The molecule has 1 aliphatic rings. The first-order valence-corrected chi connectivity index (χ1v) is 13.8. The van der Waals surface area contributed by atoms with Gasteiger partial charge >= 0.3 is 0 Å². The van der Waals surface area contributed by atoms with Crippen LogP contribution >= 0.6 is 0 Å². The van der Waals surface area contributed by atoms with Gasteiger partial charge in [-0.2, -0.15) is 0 Å². The number of hydrogen-bond acceptors (Lipinski definition) is 3. The van der Waals surface area contributed by atoms with Crippen LogP contribution in [0.25, 0.3) is 50.1 Å². The highest BCUT2D eigenvalue weighted by atomic mass is 14.9. The van der Waals surface area contributed by atoms with E-state index in [2.05, 4.69) is 89.8 Å². The van der Waals surface area contributed by atoms with Gasteiger partial charge in [0.2, 0.25) is 0 Å². The van der Waals surface area contributed by atoms with Crippen LogP contribution in [0.3, 0.4) is 0 Å². The molecule has 0 unspecified atom stereocenters. The second-order valence-electron chi connectivity index (χ2n) is 9.93. The molecule has 0 fully saturated rings. The molecular formula is C38H29N3. The van der Waals surface area contributed by atoms with Crippen LogP contribution in [0.2, 0.25) is 0 Å². The molecule has 3 nitrogen and oxygen atoms in total. The SMILES string of the molecule is C#C/C=C\C(=C/C)C1=CC(c2cc(-c3cccc(-c4cncc5ccccc45)c3)nc(-c3ccccc3)n2)=CCC1. The van der Waals surface area contributed by atoms with Crippen LogP contribution < -0.4 is 0 Å². The smallest absolute Gasteiger partial charge is 0.160 e. The number of aromatic nitrogens is 3. The van der Waals surface area contributed by atoms with Crippen LogP contribution in [-0.2, 0) is 0 Å². The van der Waals surface area contributed by atoms with E-state index in [9.17, 15) is 0 Å². The molecule has 0 aliphatic heterocycles. The van der Waals surface area contributed by atoms with Crippen molar-refractivity contribution in [3.05, 3.63) is 145 Å². The summed E-state index contributed by atoms with van der Waals surface area (Å²) in [6.07, 6.45) is 21.6. The fourth-order valence-corrected chi connectivity index (χ4v) is 5.29. The molecule has 0 amide bonds. The lowest BCUT2D eigenvalue weighted by atomic mass is 9.91. The van der Waals surface area contributed by atoms with Gasteiger partial charge in [-0.1, -0.05) is 90.9 Å². The largest absolute Gasteiger partial charge is 0.263 e. The van der Waals surface area contributed by atoms with Crippen LogP contribution in [-0.4, -0.2) is 15.0 Å². The van der Waals surface area contributed by atoms with E-state index in [0.29, 0.717) is 5.82 Å². The van der Waals surface area contributed by atoms with Crippen molar-refractivity contribution >= 4 is 16.3 Å². The number of fused-ring (bicyclic) bond motifs is 1. The van der Waals surface area contributed by atoms with E-state index < -0.39 is 0 Å². The first-order chi connectivity index (χ1) is 20.2. The lowest BCUT2D eigenvalue weighted by Crippen LogP contribution is -2.01. The van der Waals surface area contributed by atoms with Gasteiger partial charge in [-0.3, -0.25) is 4.98 Å². The number of pyridine rings is 1. The van der Waals surface area contributed by atoms with Gasteiger partial charge in [0.05, 0.1) is 11.4 Å². The predicted molar refractivity (Wildman–Crippen MR) is 171 cm³/mol. The number of terminal acetylenes is 1. The quantitative estimate of drug-likeness (QED) is 0.163. The van der Waals surface area contributed by atoms with Crippen LogP contribution in [0.1, 0.15) is 25.5 Å². The monoisotopic (exact) mass is 527 g/mol. The molecular weight excluding hydrogens is 498 g/mol. The summed E-state index contributed by atoms with van der Waals surface area (Å²) < 4.78 is 0. The summed E-state index contributed by atoms with van der Waals surface area (Å²) in [4.78, 5) is 14.6. The zero-order valence-electron chi connectivity index (χ0n) is 23.0. The van der Waals surface area contributed by atoms with Gasteiger partial charge in [0.25, 0.3) is 0 Å². The molecule has 41 heavy (non-hydrogen) atoms. The lowest BCUT2D eigenvalue weighted by Gasteiger charge is -2.16. The van der Waals surface area contributed by atoms with Crippen molar-refractivity contribution in [2.75, 3.05) is 0 Å². The zero-order chi connectivity index (χ0) is 28.0. The highest BCUT2D eigenvalue weighted by molar-refractivity contribution is 5.96. The van der Waals surface area contributed by atoms with Crippen LogP contribution in [0.5, 0.6) is 0 Å². The molecule has 0 radical (unpaired) electrons. The Bertz CT molecular complexity index is 1890.